The Morgan fingerprint density at radius 3 is 2.66 bits per heavy atom. The van der Waals surface area contributed by atoms with Gasteiger partial charge in [-0.3, -0.25) is 4.79 Å². The van der Waals surface area contributed by atoms with Crippen molar-refractivity contribution in [2.24, 2.45) is 0 Å². The molecule has 6 heteroatoms. The number of carboxylic acids is 1. The first-order valence-corrected chi connectivity index (χ1v) is 10.1. The standard InChI is InChI=1S/C23H24ClNO3.ClH/c24-20-4-2-1-3-18(20)7-5-17-6-8-19-21(15-17)28-16-23(19)10-13-25(14-11-23)12-9-22(26)27;/h1-8,15H,9-14,16H2,(H,26,27);1H/b7-5+;. The number of rotatable bonds is 5. The molecule has 1 N–H and O–H groups in total. The van der Waals surface area contributed by atoms with Gasteiger partial charge in [0.15, 0.2) is 0 Å². The molecule has 0 aliphatic carbocycles. The van der Waals surface area contributed by atoms with Gasteiger partial charge in [-0.15, -0.1) is 12.4 Å². The second kappa shape index (κ2) is 9.21. The molecule has 2 aliphatic heterocycles. The van der Waals surface area contributed by atoms with Gasteiger partial charge in [-0.1, -0.05) is 54.1 Å². The Morgan fingerprint density at radius 1 is 1.17 bits per heavy atom. The van der Waals surface area contributed by atoms with Crippen molar-refractivity contribution in [2.75, 3.05) is 26.2 Å². The minimum absolute atomic E-state index is 0. The SMILES string of the molecule is Cl.O=C(O)CCN1CCC2(CC1)COc1cc(/C=C/c3ccccc3Cl)ccc12. The van der Waals surface area contributed by atoms with Crippen LogP contribution in [0, 0.1) is 0 Å². The Bertz CT molecular complexity index is 905. The van der Waals surface area contributed by atoms with E-state index in [9.17, 15) is 4.79 Å². The van der Waals surface area contributed by atoms with Crippen LogP contribution in [0.3, 0.4) is 0 Å². The average Bonchev–Trinajstić information content (AvgIpc) is 3.04. The lowest BCUT2D eigenvalue weighted by molar-refractivity contribution is -0.137. The fourth-order valence-electron chi connectivity index (χ4n) is 4.16. The lowest BCUT2D eigenvalue weighted by Crippen LogP contribution is -2.44. The van der Waals surface area contributed by atoms with Crippen molar-refractivity contribution in [1.29, 1.82) is 0 Å². The van der Waals surface area contributed by atoms with Crippen molar-refractivity contribution in [2.45, 2.75) is 24.7 Å². The van der Waals surface area contributed by atoms with E-state index in [1.807, 2.05) is 30.3 Å². The summed E-state index contributed by atoms with van der Waals surface area (Å²) in [7, 11) is 0. The zero-order valence-corrected chi connectivity index (χ0v) is 17.7. The molecule has 0 radical (unpaired) electrons. The number of benzene rings is 2. The number of nitrogens with zero attached hydrogens (tertiary/aromatic N) is 1. The van der Waals surface area contributed by atoms with Gasteiger partial charge in [-0.2, -0.15) is 0 Å². The van der Waals surface area contributed by atoms with Crippen LogP contribution < -0.4 is 4.74 Å². The van der Waals surface area contributed by atoms with E-state index < -0.39 is 5.97 Å². The first-order valence-electron chi connectivity index (χ1n) is 9.70. The number of halogens is 2. The number of aliphatic carboxylic acids is 1. The molecule has 0 aromatic heterocycles. The van der Waals surface area contributed by atoms with Crippen molar-refractivity contribution in [1.82, 2.24) is 4.90 Å². The zero-order valence-electron chi connectivity index (χ0n) is 16.1. The highest BCUT2D eigenvalue weighted by Gasteiger charge is 2.42. The monoisotopic (exact) mass is 433 g/mol. The predicted molar refractivity (Wildman–Crippen MR) is 119 cm³/mol. The molecule has 2 heterocycles. The van der Waals surface area contributed by atoms with Gasteiger partial charge in [-0.25, -0.2) is 0 Å². The van der Waals surface area contributed by atoms with Crippen molar-refractivity contribution in [3.05, 3.63) is 64.2 Å². The molecule has 0 saturated carbocycles. The second-order valence-corrected chi connectivity index (χ2v) is 8.07. The topological polar surface area (TPSA) is 49.8 Å². The molecule has 4 nitrogen and oxygen atoms in total. The minimum Gasteiger partial charge on any atom is -0.492 e. The lowest BCUT2D eigenvalue weighted by atomic mass is 9.74. The molecule has 0 amide bonds. The van der Waals surface area contributed by atoms with E-state index in [2.05, 4.69) is 29.2 Å². The molecular formula is C23H25Cl2NO3. The molecule has 2 aliphatic rings. The van der Waals surface area contributed by atoms with Crippen LogP contribution in [0.15, 0.2) is 42.5 Å². The maximum Gasteiger partial charge on any atom is 0.304 e. The number of ether oxygens (including phenoxy) is 1. The van der Waals surface area contributed by atoms with Gasteiger partial charge >= 0.3 is 5.97 Å². The van der Waals surface area contributed by atoms with E-state index in [4.69, 9.17) is 21.4 Å². The summed E-state index contributed by atoms with van der Waals surface area (Å²) in [6.45, 7) is 3.19. The third kappa shape index (κ3) is 4.77. The summed E-state index contributed by atoms with van der Waals surface area (Å²) in [6, 6.07) is 14.2. The van der Waals surface area contributed by atoms with Gasteiger partial charge in [0.25, 0.3) is 0 Å². The van der Waals surface area contributed by atoms with E-state index in [0.717, 1.165) is 47.8 Å². The van der Waals surface area contributed by atoms with E-state index in [1.165, 1.54) is 5.56 Å². The minimum atomic E-state index is -0.729. The summed E-state index contributed by atoms with van der Waals surface area (Å²) >= 11 is 6.22. The normalized spacial score (nSPS) is 17.7. The number of hydrogen-bond acceptors (Lipinski definition) is 3. The first kappa shape index (κ1) is 21.7. The van der Waals surface area contributed by atoms with Gasteiger partial charge in [-0.05, 0) is 49.2 Å². The van der Waals surface area contributed by atoms with Crippen molar-refractivity contribution in [3.63, 3.8) is 0 Å². The Hall–Kier alpha value is -2.01. The van der Waals surface area contributed by atoms with Crippen molar-refractivity contribution >= 4 is 42.1 Å². The molecule has 0 unspecified atom stereocenters. The molecule has 2 aromatic rings. The highest BCUT2D eigenvalue weighted by molar-refractivity contribution is 6.32. The van der Waals surface area contributed by atoms with Crippen molar-refractivity contribution in [3.8, 4) is 5.75 Å². The second-order valence-electron chi connectivity index (χ2n) is 7.66. The molecule has 4 rings (SSSR count). The van der Waals surface area contributed by atoms with Crippen LogP contribution >= 0.6 is 24.0 Å². The van der Waals surface area contributed by atoms with Gasteiger partial charge in [0.1, 0.15) is 5.75 Å². The summed E-state index contributed by atoms with van der Waals surface area (Å²) in [5.41, 5.74) is 3.45. The van der Waals surface area contributed by atoms with Crippen LogP contribution in [0.4, 0.5) is 0 Å². The molecule has 0 atom stereocenters. The van der Waals surface area contributed by atoms with Crippen LogP contribution in [0.5, 0.6) is 5.75 Å². The smallest absolute Gasteiger partial charge is 0.304 e. The Balaban J connectivity index is 0.00000240. The zero-order chi connectivity index (χ0) is 19.6. The number of carboxylic acid groups (broad SMARTS) is 1. The summed E-state index contributed by atoms with van der Waals surface area (Å²) in [5, 5.41) is 9.62. The summed E-state index contributed by atoms with van der Waals surface area (Å²) < 4.78 is 6.07. The number of hydrogen-bond donors (Lipinski definition) is 1. The van der Waals surface area contributed by atoms with Crippen LogP contribution in [0.2, 0.25) is 5.02 Å². The quantitative estimate of drug-likeness (QED) is 0.663. The fraction of sp³-hybridized carbons (Fsp3) is 0.348. The summed E-state index contributed by atoms with van der Waals surface area (Å²) in [5.74, 6) is 0.243. The van der Waals surface area contributed by atoms with Crippen LogP contribution in [-0.2, 0) is 10.2 Å². The number of piperidine rings is 1. The van der Waals surface area contributed by atoms with Gasteiger partial charge in [0.2, 0.25) is 0 Å². The van der Waals surface area contributed by atoms with E-state index in [1.54, 1.807) is 0 Å². The number of fused-ring (bicyclic) bond motifs is 2. The molecule has 154 valence electrons. The van der Waals surface area contributed by atoms with E-state index >= 15 is 0 Å². The van der Waals surface area contributed by atoms with E-state index in [-0.39, 0.29) is 24.2 Å². The van der Waals surface area contributed by atoms with Crippen LogP contribution in [0.25, 0.3) is 12.2 Å². The third-order valence-corrected chi connectivity index (χ3v) is 6.24. The summed E-state index contributed by atoms with van der Waals surface area (Å²) in [6.07, 6.45) is 6.31. The fourth-order valence-corrected chi connectivity index (χ4v) is 4.36. The van der Waals surface area contributed by atoms with Gasteiger partial charge < -0.3 is 14.7 Å². The molecule has 1 spiro atoms. The molecule has 1 fully saturated rings. The molecule has 1 saturated heterocycles. The van der Waals surface area contributed by atoms with Crippen LogP contribution in [-0.4, -0.2) is 42.2 Å². The largest absolute Gasteiger partial charge is 0.492 e. The van der Waals surface area contributed by atoms with E-state index in [0.29, 0.717) is 13.2 Å². The van der Waals surface area contributed by atoms with Crippen LogP contribution in [0.1, 0.15) is 36.0 Å². The van der Waals surface area contributed by atoms with Gasteiger partial charge in [0, 0.05) is 22.5 Å². The number of carbonyl (C=O) groups is 1. The Labute approximate surface area is 182 Å². The molecule has 0 bridgehead atoms. The molecule has 2 aromatic carbocycles. The highest BCUT2D eigenvalue weighted by Crippen LogP contribution is 2.46. The maximum atomic E-state index is 10.8. The third-order valence-electron chi connectivity index (χ3n) is 5.90. The first-order chi connectivity index (χ1) is 13.6. The van der Waals surface area contributed by atoms with Crippen molar-refractivity contribution < 1.29 is 14.6 Å². The molecule has 29 heavy (non-hydrogen) atoms. The maximum absolute atomic E-state index is 10.8. The predicted octanol–water partition coefficient (Wildman–Crippen LogP) is 5.13. The number of likely N-dealkylation sites (tertiary alicyclic amines) is 1. The summed E-state index contributed by atoms with van der Waals surface area (Å²) in [4.78, 5) is 13.0. The molecular weight excluding hydrogens is 409 g/mol. The Kier molecular flexibility index (Phi) is 6.89. The Morgan fingerprint density at radius 2 is 1.93 bits per heavy atom. The lowest BCUT2D eigenvalue weighted by Gasteiger charge is -2.38. The van der Waals surface area contributed by atoms with Gasteiger partial charge in [0.05, 0.1) is 13.0 Å². The average molecular weight is 434 g/mol. The highest BCUT2D eigenvalue weighted by atomic mass is 35.5.